The van der Waals surface area contributed by atoms with Crippen LogP contribution in [0.15, 0.2) is 42.0 Å². The first-order valence-corrected chi connectivity index (χ1v) is 21.5. The molecule has 9 atom stereocenters. The minimum Gasteiger partial charge on any atom is -0.462 e. The highest BCUT2D eigenvalue weighted by Gasteiger charge is 2.77. The Kier molecular flexibility index (Phi) is 11.5. The molecule has 3 N–H and O–H groups in total. The predicted molar refractivity (Wildman–Crippen MR) is 209 cm³/mol. The maximum atomic E-state index is 13.9. The van der Waals surface area contributed by atoms with Crippen LogP contribution >= 0.6 is 0 Å². The maximum absolute atomic E-state index is 13.9. The van der Waals surface area contributed by atoms with E-state index in [0.717, 1.165) is 50.5 Å². The lowest BCUT2D eigenvalue weighted by molar-refractivity contribution is -0.339. The third-order valence-electron chi connectivity index (χ3n) is 16.1. The fraction of sp³-hybridized carbons (Fsp3) is 0.745. The molecule has 2 bridgehead atoms. The summed E-state index contributed by atoms with van der Waals surface area (Å²) in [5.74, 6) is 6.22. The number of hydrogen-bond acceptors (Lipinski definition) is 7. The monoisotopic (exact) mass is 742 g/mol. The fourth-order valence-corrected chi connectivity index (χ4v) is 13.1. The van der Waals surface area contributed by atoms with Crippen molar-refractivity contribution in [1.29, 1.82) is 0 Å². The number of carbonyl (C=O) groups is 2. The topological polar surface area (TPSA) is 113 Å². The Balaban J connectivity index is 1.28. The number of carbonyl (C=O) groups excluding carboxylic acids is 2. The SMILES string of the molecule is CC(CCCc1ccccc1)CCC(O)C12C(O)CCC(C)(C3CCC4(CCCC4)CC3)C1C1CC(C)(C#CCCC(=O)O1)C2(O)CCC1=CC(=O)OC1. The van der Waals surface area contributed by atoms with Gasteiger partial charge >= 0.3 is 11.9 Å². The Morgan fingerprint density at radius 3 is 2.39 bits per heavy atom. The first-order valence-electron chi connectivity index (χ1n) is 21.5. The number of hydrogen-bond donors (Lipinski definition) is 3. The molecule has 1 aromatic rings. The van der Waals surface area contributed by atoms with Gasteiger partial charge in [0.15, 0.2) is 0 Å². The van der Waals surface area contributed by atoms with Crippen molar-refractivity contribution in [2.45, 2.75) is 173 Å². The number of aryl methyl sites for hydroxylation is 1. The van der Waals surface area contributed by atoms with Gasteiger partial charge in [0.25, 0.3) is 0 Å². The maximum Gasteiger partial charge on any atom is 0.331 e. The second-order valence-electron chi connectivity index (χ2n) is 19.2. The van der Waals surface area contributed by atoms with Crippen molar-refractivity contribution < 1.29 is 34.4 Å². The molecule has 2 aliphatic heterocycles. The summed E-state index contributed by atoms with van der Waals surface area (Å²) in [7, 11) is 0. The Morgan fingerprint density at radius 1 is 0.944 bits per heavy atom. The molecule has 2 heterocycles. The number of fused-ring (bicyclic) bond motifs is 4. The van der Waals surface area contributed by atoms with Crippen LogP contribution < -0.4 is 0 Å². The highest BCUT2D eigenvalue weighted by Crippen LogP contribution is 2.72. The summed E-state index contributed by atoms with van der Waals surface area (Å²) < 4.78 is 11.8. The van der Waals surface area contributed by atoms with Crippen molar-refractivity contribution in [3.8, 4) is 11.8 Å². The highest BCUT2D eigenvalue weighted by molar-refractivity contribution is 5.85. The van der Waals surface area contributed by atoms with Crippen LogP contribution in [0.4, 0.5) is 0 Å². The number of aliphatic hydroxyl groups excluding tert-OH is 2. The van der Waals surface area contributed by atoms with E-state index in [4.69, 9.17) is 9.47 Å². The van der Waals surface area contributed by atoms with E-state index in [0.29, 0.717) is 49.4 Å². The second kappa shape index (κ2) is 15.7. The van der Waals surface area contributed by atoms with Crippen LogP contribution in [0.2, 0.25) is 0 Å². The van der Waals surface area contributed by atoms with Crippen molar-refractivity contribution in [3.05, 3.63) is 47.5 Å². The van der Waals surface area contributed by atoms with E-state index in [1.165, 1.54) is 50.2 Å². The summed E-state index contributed by atoms with van der Waals surface area (Å²) in [5, 5.41) is 39.9. The van der Waals surface area contributed by atoms with E-state index < -0.39 is 46.1 Å². The molecule has 0 radical (unpaired) electrons. The van der Waals surface area contributed by atoms with E-state index in [1.54, 1.807) is 0 Å². The third kappa shape index (κ3) is 7.11. The smallest absolute Gasteiger partial charge is 0.331 e. The van der Waals surface area contributed by atoms with Gasteiger partial charge in [0.05, 0.1) is 35.1 Å². The largest absolute Gasteiger partial charge is 0.462 e. The molecular weight excluding hydrogens is 677 g/mol. The molecule has 0 amide bonds. The lowest BCUT2D eigenvalue weighted by Gasteiger charge is -2.72. The molecule has 4 aliphatic carbocycles. The van der Waals surface area contributed by atoms with E-state index in [1.807, 2.05) is 13.0 Å². The van der Waals surface area contributed by atoms with Gasteiger partial charge in [-0.1, -0.05) is 69.4 Å². The molecule has 0 aromatic heterocycles. The number of aliphatic hydroxyl groups is 3. The van der Waals surface area contributed by atoms with E-state index in [9.17, 15) is 24.9 Å². The van der Waals surface area contributed by atoms with E-state index in [-0.39, 0.29) is 31.4 Å². The zero-order chi connectivity index (χ0) is 38.2. The van der Waals surface area contributed by atoms with Gasteiger partial charge in [-0.3, -0.25) is 4.79 Å². The van der Waals surface area contributed by atoms with Crippen LogP contribution in [0.1, 0.15) is 148 Å². The van der Waals surface area contributed by atoms with Crippen LogP contribution in [0.3, 0.4) is 0 Å². The Bertz CT molecular complexity index is 1590. The summed E-state index contributed by atoms with van der Waals surface area (Å²) >= 11 is 0. The Morgan fingerprint density at radius 2 is 1.69 bits per heavy atom. The van der Waals surface area contributed by atoms with Gasteiger partial charge in [-0.2, -0.15) is 0 Å². The van der Waals surface area contributed by atoms with Crippen LogP contribution in [0.25, 0.3) is 0 Å². The molecule has 7 rings (SSSR count). The predicted octanol–water partition coefficient (Wildman–Crippen LogP) is 8.41. The zero-order valence-electron chi connectivity index (χ0n) is 33.3. The summed E-state index contributed by atoms with van der Waals surface area (Å²) in [6.07, 6.45) is 15.5. The molecule has 0 saturated heterocycles. The molecule has 6 aliphatic rings. The van der Waals surface area contributed by atoms with Crippen molar-refractivity contribution in [2.24, 2.45) is 39.4 Å². The number of esters is 2. The molecule has 54 heavy (non-hydrogen) atoms. The number of benzene rings is 1. The van der Waals surface area contributed by atoms with Crippen molar-refractivity contribution >= 4 is 11.9 Å². The number of cyclic esters (lactones) is 1. The summed E-state index contributed by atoms with van der Waals surface area (Å²) in [5.41, 5.74) is -2.00. The molecule has 4 saturated carbocycles. The normalized spacial score (nSPS) is 37.4. The molecule has 1 aromatic carbocycles. The Labute approximate surface area is 324 Å². The van der Waals surface area contributed by atoms with E-state index >= 15 is 0 Å². The zero-order valence-corrected chi connectivity index (χ0v) is 33.3. The molecule has 296 valence electrons. The quantitative estimate of drug-likeness (QED) is 0.146. The van der Waals surface area contributed by atoms with Crippen molar-refractivity contribution in [2.75, 3.05) is 6.61 Å². The van der Waals surface area contributed by atoms with Gasteiger partial charge in [-0.15, -0.1) is 5.92 Å². The fourth-order valence-electron chi connectivity index (χ4n) is 13.1. The second-order valence-corrected chi connectivity index (χ2v) is 19.2. The van der Waals surface area contributed by atoms with Crippen LogP contribution in [0, 0.1) is 51.3 Å². The first-order chi connectivity index (χ1) is 25.8. The van der Waals surface area contributed by atoms with Crippen LogP contribution in [0.5, 0.6) is 0 Å². The molecule has 9 unspecified atom stereocenters. The molecule has 1 spiro atoms. The van der Waals surface area contributed by atoms with Crippen molar-refractivity contribution in [1.82, 2.24) is 0 Å². The lowest BCUT2D eigenvalue weighted by Crippen LogP contribution is -2.79. The minimum absolute atomic E-state index is 0.179. The summed E-state index contributed by atoms with van der Waals surface area (Å²) in [6.45, 7) is 6.74. The van der Waals surface area contributed by atoms with Gasteiger partial charge < -0.3 is 24.8 Å². The van der Waals surface area contributed by atoms with Gasteiger partial charge in [0.1, 0.15) is 12.7 Å². The lowest BCUT2D eigenvalue weighted by atomic mass is 9.35. The first kappa shape index (κ1) is 39.6. The third-order valence-corrected chi connectivity index (χ3v) is 16.1. The Hall–Kier alpha value is -2.66. The van der Waals surface area contributed by atoms with Gasteiger partial charge in [-0.25, -0.2) is 4.79 Å². The molecule has 4 fully saturated rings. The van der Waals surface area contributed by atoms with Gasteiger partial charge in [0, 0.05) is 24.8 Å². The molecule has 7 heteroatoms. The molecule has 7 nitrogen and oxygen atoms in total. The standard InChI is InChI=1S/C47H66O7/c1-33(12-11-15-34-13-5-4-6-14-34)17-18-38(48)47-39(49)22-26-44(3,36-20-27-45(28-21-36)24-9-10-25-45)42(47)37-31-43(2,23-8-7-16-40(50)54-37)46(47,52)29-19-35-30-41(51)53-32-35/h4-6,13-14,30,33,36-39,42,48-49,52H,7,9-12,15-22,24-29,31-32H2,1-3H3. The van der Waals surface area contributed by atoms with Gasteiger partial charge in [-0.05, 0) is 131 Å². The number of ether oxygens (including phenoxy) is 2. The van der Waals surface area contributed by atoms with Crippen molar-refractivity contribution in [3.63, 3.8) is 0 Å². The van der Waals surface area contributed by atoms with Gasteiger partial charge in [0.2, 0.25) is 0 Å². The number of rotatable bonds is 12. The molecular formula is C47H66O7. The van der Waals surface area contributed by atoms with E-state index in [2.05, 4.69) is 50.0 Å². The van der Waals surface area contributed by atoms with Crippen LogP contribution in [-0.2, 0) is 25.5 Å². The average molecular weight is 743 g/mol. The summed E-state index contributed by atoms with van der Waals surface area (Å²) in [6, 6.07) is 10.5. The average Bonchev–Trinajstić information content (AvgIpc) is 3.81. The van der Waals surface area contributed by atoms with Crippen LogP contribution in [-0.4, -0.2) is 57.8 Å². The summed E-state index contributed by atoms with van der Waals surface area (Å²) in [4.78, 5) is 25.7. The minimum atomic E-state index is -1.66. The highest BCUT2D eigenvalue weighted by atomic mass is 16.5.